The van der Waals surface area contributed by atoms with Crippen LogP contribution in [-0.2, 0) is 4.79 Å². The first-order valence-corrected chi connectivity index (χ1v) is 6.95. The van der Waals surface area contributed by atoms with E-state index in [0.29, 0.717) is 15.8 Å². The molecular formula is C14H11NO3S2. The summed E-state index contributed by atoms with van der Waals surface area (Å²) in [6.45, 7) is 3.98. The number of carbonyl (C=O) groups is 2. The number of carboxylic acid groups (broad SMARTS) is 1. The van der Waals surface area contributed by atoms with Crippen molar-refractivity contribution in [3.8, 4) is 0 Å². The van der Waals surface area contributed by atoms with Gasteiger partial charge < -0.3 is 5.11 Å². The second-order valence-corrected chi connectivity index (χ2v) is 5.68. The molecule has 0 aromatic heterocycles. The van der Waals surface area contributed by atoms with Crippen LogP contribution >= 0.6 is 24.0 Å². The molecule has 0 aliphatic carbocycles. The number of thiocarbonyl (C=S) groups is 1. The summed E-state index contributed by atoms with van der Waals surface area (Å²) >= 11 is 6.36. The van der Waals surface area contributed by atoms with Crippen LogP contribution in [0, 0.1) is 0 Å². The summed E-state index contributed by atoms with van der Waals surface area (Å²) in [7, 11) is 0. The number of benzene rings is 1. The predicted octanol–water partition coefficient (Wildman–Crippen LogP) is 2.77. The maximum absolute atomic E-state index is 12.1. The molecule has 102 valence electrons. The van der Waals surface area contributed by atoms with Crippen molar-refractivity contribution < 1.29 is 14.7 Å². The highest BCUT2D eigenvalue weighted by Crippen LogP contribution is 2.32. The lowest BCUT2D eigenvalue weighted by atomic mass is 10.1. The van der Waals surface area contributed by atoms with Crippen LogP contribution in [0.25, 0.3) is 6.08 Å². The van der Waals surface area contributed by atoms with Crippen LogP contribution in [0.2, 0.25) is 0 Å². The average molecular weight is 305 g/mol. The van der Waals surface area contributed by atoms with Crippen LogP contribution in [0.3, 0.4) is 0 Å². The smallest absolute Gasteiger partial charge is 0.335 e. The lowest BCUT2D eigenvalue weighted by Crippen LogP contribution is -2.27. The summed E-state index contributed by atoms with van der Waals surface area (Å²) in [5, 5.41) is 8.82. The van der Waals surface area contributed by atoms with E-state index < -0.39 is 5.97 Å². The van der Waals surface area contributed by atoms with Gasteiger partial charge in [0.25, 0.3) is 5.91 Å². The Hall–Kier alpha value is -1.92. The zero-order valence-electron chi connectivity index (χ0n) is 10.4. The molecule has 0 spiro atoms. The fourth-order valence-corrected chi connectivity index (χ4v) is 2.93. The minimum atomic E-state index is -0.978. The number of hydrogen-bond donors (Lipinski definition) is 1. The van der Waals surface area contributed by atoms with Gasteiger partial charge in [-0.05, 0) is 23.8 Å². The molecule has 20 heavy (non-hydrogen) atoms. The van der Waals surface area contributed by atoms with E-state index in [4.69, 9.17) is 17.3 Å². The molecule has 1 aromatic rings. The van der Waals surface area contributed by atoms with Crippen molar-refractivity contribution in [3.63, 3.8) is 0 Å². The summed E-state index contributed by atoms with van der Waals surface area (Å²) in [5.74, 6) is -1.13. The van der Waals surface area contributed by atoms with Gasteiger partial charge in [0.05, 0.1) is 10.5 Å². The molecule has 0 radical (unpaired) electrons. The number of aromatic carboxylic acids is 1. The lowest BCUT2D eigenvalue weighted by molar-refractivity contribution is -0.121. The molecule has 2 rings (SSSR count). The molecule has 1 fully saturated rings. The fourth-order valence-electron chi connectivity index (χ4n) is 1.66. The molecule has 6 heteroatoms. The Kier molecular flexibility index (Phi) is 4.36. The number of carboxylic acids is 1. The van der Waals surface area contributed by atoms with E-state index >= 15 is 0 Å². The SMILES string of the molecule is C=CCN1C(=O)/C(=C\c2ccc(C(=O)O)cc2)SC1=S. The van der Waals surface area contributed by atoms with Gasteiger partial charge in [-0.2, -0.15) is 0 Å². The molecule has 0 atom stereocenters. The first-order valence-electron chi connectivity index (χ1n) is 5.72. The maximum Gasteiger partial charge on any atom is 0.335 e. The van der Waals surface area contributed by atoms with E-state index in [-0.39, 0.29) is 11.5 Å². The van der Waals surface area contributed by atoms with Crippen molar-refractivity contribution in [1.29, 1.82) is 0 Å². The van der Waals surface area contributed by atoms with Crippen molar-refractivity contribution in [2.45, 2.75) is 0 Å². The third-order valence-electron chi connectivity index (χ3n) is 2.64. The summed E-state index contributed by atoms with van der Waals surface area (Å²) in [6.07, 6.45) is 3.32. The second kappa shape index (κ2) is 6.02. The van der Waals surface area contributed by atoms with E-state index in [1.54, 1.807) is 24.3 Å². The van der Waals surface area contributed by atoms with E-state index in [2.05, 4.69) is 6.58 Å². The number of rotatable bonds is 4. The van der Waals surface area contributed by atoms with E-state index in [9.17, 15) is 9.59 Å². The topological polar surface area (TPSA) is 57.6 Å². The van der Waals surface area contributed by atoms with Gasteiger partial charge in [-0.25, -0.2) is 4.79 Å². The van der Waals surface area contributed by atoms with Crippen molar-refractivity contribution in [2.24, 2.45) is 0 Å². The highest BCUT2D eigenvalue weighted by molar-refractivity contribution is 8.26. The third kappa shape index (κ3) is 2.97. The largest absolute Gasteiger partial charge is 0.478 e. The summed E-state index contributed by atoms with van der Waals surface area (Å²) in [5.41, 5.74) is 0.968. The highest BCUT2D eigenvalue weighted by atomic mass is 32.2. The first kappa shape index (κ1) is 14.5. The Morgan fingerprint density at radius 2 is 2.05 bits per heavy atom. The summed E-state index contributed by atoms with van der Waals surface area (Å²) in [6, 6.07) is 6.31. The van der Waals surface area contributed by atoms with Gasteiger partial charge in [-0.1, -0.05) is 42.2 Å². The summed E-state index contributed by atoms with van der Waals surface area (Å²) < 4.78 is 0.503. The van der Waals surface area contributed by atoms with E-state index in [1.165, 1.54) is 28.8 Å². The fraction of sp³-hybridized carbons (Fsp3) is 0.0714. The molecule has 0 saturated carbocycles. The molecule has 1 N–H and O–H groups in total. The molecule has 1 saturated heterocycles. The normalized spacial score (nSPS) is 16.8. The predicted molar refractivity (Wildman–Crippen MR) is 83.5 cm³/mol. The lowest BCUT2D eigenvalue weighted by Gasteiger charge is -2.10. The van der Waals surface area contributed by atoms with E-state index in [0.717, 1.165) is 5.56 Å². The Labute approximate surface area is 125 Å². The minimum Gasteiger partial charge on any atom is -0.478 e. The van der Waals surface area contributed by atoms with Crippen LogP contribution in [0.1, 0.15) is 15.9 Å². The molecule has 1 aliphatic rings. The maximum atomic E-state index is 12.1. The molecule has 1 aromatic carbocycles. The number of nitrogens with zero attached hydrogens (tertiary/aromatic N) is 1. The Bertz CT molecular complexity index is 620. The Balaban J connectivity index is 2.23. The Morgan fingerprint density at radius 1 is 1.40 bits per heavy atom. The minimum absolute atomic E-state index is 0.151. The quantitative estimate of drug-likeness (QED) is 0.526. The number of amides is 1. The zero-order valence-corrected chi connectivity index (χ0v) is 12.0. The Morgan fingerprint density at radius 3 is 2.60 bits per heavy atom. The first-order chi connectivity index (χ1) is 9.52. The second-order valence-electron chi connectivity index (χ2n) is 4.01. The van der Waals surface area contributed by atoms with E-state index in [1.807, 2.05) is 0 Å². The molecule has 1 amide bonds. The zero-order chi connectivity index (χ0) is 14.7. The van der Waals surface area contributed by atoms with Crippen LogP contribution in [0.15, 0.2) is 41.8 Å². The number of hydrogen-bond acceptors (Lipinski definition) is 4. The van der Waals surface area contributed by atoms with Crippen molar-refractivity contribution >= 4 is 46.3 Å². The number of carbonyl (C=O) groups excluding carboxylic acids is 1. The monoisotopic (exact) mass is 305 g/mol. The van der Waals surface area contributed by atoms with Gasteiger partial charge in [0.2, 0.25) is 0 Å². The van der Waals surface area contributed by atoms with Crippen molar-refractivity contribution in [3.05, 3.63) is 53.0 Å². The van der Waals surface area contributed by atoms with Gasteiger partial charge in [0.1, 0.15) is 4.32 Å². The van der Waals surface area contributed by atoms with Gasteiger partial charge in [0, 0.05) is 6.54 Å². The van der Waals surface area contributed by atoms with Gasteiger partial charge >= 0.3 is 5.97 Å². The summed E-state index contributed by atoms with van der Waals surface area (Å²) in [4.78, 5) is 24.9. The molecule has 0 bridgehead atoms. The number of thioether (sulfide) groups is 1. The average Bonchev–Trinajstić information content (AvgIpc) is 2.67. The van der Waals surface area contributed by atoms with Crippen LogP contribution < -0.4 is 0 Å². The standard InChI is InChI=1S/C14H11NO3S2/c1-2-7-15-12(16)11(20-14(15)19)8-9-3-5-10(6-4-9)13(17)18/h2-6,8H,1,7H2,(H,17,18)/b11-8+. The van der Waals surface area contributed by atoms with Gasteiger partial charge in [-0.15, -0.1) is 6.58 Å². The van der Waals surface area contributed by atoms with Crippen LogP contribution in [0.5, 0.6) is 0 Å². The molecule has 1 heterocycles. The van der Waals surface area contributed by atoms with Gasteiger partial charge in [0.15, 0.2) is 0 Å². The molecule has 1 aliphatic heterocycles. The van der Waals surface area contributed by atoms with Crippen molar-refractivity contribution in [2.75, 3.05) is 6.54 Å². The molecule has 4 nitrogen and oxygen atoms in total. The third-order valence-corrected chi connectivity index (χ3v) is 4.02. The molecular weight excluding hydrogens is 294 g/mol. The van der Waals surface area contributed by atoms with Crippen LogP contribution in [0.4, 0.5) is 0 Å². The highest BCUT2D eigenvalue weighted by Gasteiger charge is 2.30. The van der Waals surface area contributed by atoms with Crippen LogP contribution in [-0.4, -0.2) is 32.7 Å². The van der Waals surface area contributed by atoms with Crippen molar-refractivity contribution in [1.82, 2.24) is 4.90 Å². The van der Waals surface area contributed by atoms with Gasteiger partial charge in [-0.3, -0.25) is 9.69 Å². The molecule has 0 unspecified atom stereocenters.